The molecule has 0 aliphatic heterocycles. The Morgan fingerprint density at radius 3 is 2.62 bits per heavy atom. The summed E-state index contributed by atoms with van der Waals surface area (Å²) in [6.45, 7) is 3.04. The Kier molecular flexibility index (Phi) is 4.24. The van der Waals surface area contributed by atoms with Crippen LogP contribution >= 0.6 is 15.9 Å². The lowest BCUT2D eigenvalue weighted by Crippen LogP contribution is -2.40. The van der Waals surface area contributed by atoms with Gasteiger partial charge >= 0.3 is 0 Å². The van der Waals surface area contributed by atoms with Gasteiger partial charge in [0.1, 0.15) is 11.9 Å². The lowest BCUT2D eigenvalue weighted by molar-refractivity contribution is 0.199. The van der Waals surface area contributed by atoms with Crippen molar-refractivity contribution in [2.75, 3.05) is 6.54 Å². The lowest BCUT2D eigenvalue weighted by atomic mass is 9.93. The van der Waals surface area contributed by atoms with Crippen LogP contribution in [0.5, 0.6) is 5.75 Å². The van der Waals surface area contributed by atoms with Crippen LogP contribution in [0.2, 0.25) is 0 Å². The third kappa shape index (κ3) is 3.49. The number of hydrogen-bond acceptors (Lipinski definition) is 2. The van der Waals surface area contributed by atoms with E-state index in [4.69, 9.17) is 4.74 Å². The second-order valence-corrected chi connectivity index (χ2v) is 5.33. The standard InChI is InChI=1S/C13H18BrNO/c1-10(9-15-12-3-2-4-12)16-13-7-5-11(14)6-8-13/h5-8,10,12,15H,2-4,9H2,1H3. The smallest absolute Gasteiger partial charge is 0.119 e. The summed E-state index contributed by atoms with van der Waals surface area (Å²) in [6, 6.07) is 8.72. The first-order valence-electron chi connectivity index (χ1n) is 5.89. The van der Waals surface area contributed by atoms with Gasteiger partial charge in [-0.25, -0.2) is 0 Å². The predicted molar refractivity (Wildman–Crippen MR) is 69.9 cm³/mol. The minimum Gasteiger partial charge on any atom is -0.489 e. The molecule has 1 aliphatic rings. The number of hydrogen-bond donors (Lipinski definition) is 1. The number of benzene rings is 1. The molecule has 1 fully saturated rings. The van der Waals surface area contributed by atoms with Crippen molar-refractivity contribution < 1.29 is 4.74 Å². The van der Waals surface area contributed by atoms with Crippen LogP contribution in [0.1, 0.15) is 26.2 Å². The third-order valence-electron chi connectivity index (χ3n) is 2.95. The Morgan fingerprint density at radius 2 is 2.06 bits per heavy atom. The van der Waals surface area contributed by atoms with Gasteiger partial charge in [-0.3, -0.25) is 0 Å². The van der Waals surface area contributed by atoms with Gasteiger partial charge in [0, 0.05) is 17.1 Å². The van der Waals surface area contributed by atoms with E-state index in [2.05, 4.69) is 28.2 Å². The number of rotatable bonds is 5. The molecule has 1 atom stereocenters. The van der Waals surface area contributed by atoms with Gasteiger partial charge in [-0.15, -0.1) is 0 Å². The molecule has 0 spiro atoms. The van der Waals surface area contributed by atoms with Crippen LogP contribution in [-0.4, -0.2) is 18.7 Å². The zero-order valence-electron chi connectivity index (χ0n) is 9.58. The van der Waals surface area contributed by atoms with E-state index in [1.807, 2.05) is 24.3 Å². The number of halogens is 1. The highest BCUT2D eigenvalue weighted by Crippen LogP contribution is 2.19. The van der Waals surface area contributed by atoms with Crippen LogP contribution in [0, 0.1) is 0 Å². The maximum Gasteiger partial charge on any atom is 0.119 e. The maximum absolute atomic E-state index is 5.80. The molecular formula is C13H18BrNO. The van der Waals surface area contributed by atoms with Crippen LogP contribution in [0.25, 0.3) is 0 Å². The first-order chi connectivity index (χ1) is 7.74. The summed E-state index contributed by atoms with van der Waals surface area (Å²) in [7, 11) is 0. The molecule has 16 heavy (non-hydrogen) atoms. The molecule has 1 unspecified atom stereocenters. The van der Waals surface area contributed by atoms with Gasteiger partial charge in [-0.05, 0) is 44.0 Å². The predicted octanol–water partition coefficient (Wildman–Crippen LogP) is 3.36. The molecule has 0 aromatic heterocycles. The normalized spacial score (nSPS) is 17.9. The van der Waals surface area contributed by atoms with E-state index in [1.54, 1.807) is 0 Å². The quantitative estimate of drug-likeness (QED) is 0.895. The van der Waals surface area contributed by atoms with Crippen LogP contribution in [0.15, 0.2) is 28.7 Å². The molecule has 0 radical (unpaired) electrons. The van der Waals surface area contributed by atoms with E-state index in [0.717, 1.165) is 22.8 Å². The second-order valence-electron chi connectivity index (χ2n) is 4.42. The first-order valence-corrected chi connectivity index (χ1v) is 6.69. The maximum atomic E-state index is 5.80. The molecule has 1 aliphatic carbocycles. The van der Waals surface area contributed by atoms with Gasteiger partial charge in [-0.1, -0.05) is 22.4 Å². The van der Waals surface area contributed by atoms with Crippen molar-refractivity contribution >= 4 is 15.9 Å². The molecule has 88 valence electrons. The molecule has 0 amide bonds. The number of ether oxygens (including phenoxy) is 1. The molecule has 1 aromatic carbocycles. The van der Waals surface area contributed by atoms with Crippen molar-refractivity contribution in [3.05, 3.63) is 28.7 Å². The SMILES string of the molecule is CC(CNC1CCC1)Oc1ccc(Br)cc1. The number of nitrogens with one attached hydrogen (secondary N) is 1. The fourth-order valence-electron chi connectivity index (χ4n) is 1.73. The van der Waals surface area contributed by atoms with Crippen LogP contribution < -0.4 is 10.1 Å². The largest absolute Gasteiger partial charge is 0.489 e. The summed E-state index contributed by atoms with van der Waals surface area (Å²) in [5, 5.41) is 3.52. The van der Waals surface area contributed by atoms with Gasteiger partial charge < -0.3 is 10.1 Å². The summed E-state index contributed by atoms with van der Waals surface area (Å²) >= 11 is 3.41. The molecule has 0 saturated heterocycles. The van der Waals surface area contributed by atoms with E-state index < -0.39 is 0 Å². The Morgan fingerprint density at radius 1 is 1.38 bits per heavy atom. The molecule has 2 rings (SSSR count). The molecule has 1 N–H and O–H groups in total. The topological polar surface area (TPSA) is 21.3 Å². The van der Waals surface area contributed by atoms with Gasteiger partial charge in [0.15, 0.2) is 0 Å². The molecule has 0 bridgehead atoms. The first kappa shape index (κ1) is 11.9. The van der Waals surface area contributed by atoms with Crippen LogP contribution in [0.3, 0.4) is 0 Å². The molecular weight excluding hydrogens is 266 g/mol. The van der Waals surface area contributed by atoms with Crippen molar-refractivity contribution in [1.82, 2.24) is 5.32 Å². The molecule has 2 nitrogen and oxygen atoms in total. The van der Waals surface area contributed by atoms with E-state index >= 15 is 0 Å². The highest BCUT2D eigenvalue weighted by molar-refractivity contribution is 9.10. The van der Waals surface area contributed by atoms with Gasteiger partial charge in [0.2, 0.25) is 0 Å². The Bertz CT molecular complexity index is 321. The summed E-state index contributed by atoms with van der Waals surface area (Å²) in [6.07, 6.45) is 4.25. The Labute approximate surface area is 106 Å². The van der Waals surface area contributed by atoms with Crippen molar-refractivity contribution in [3.8, 4) is 5.75 Å². The van der Waals surface area contributed by atoms with Crippen LogP contribution in [-0.2, 0) is 0 Å². The molecule has 1 saturated carbocycles. The summed E-state index contributed by atoms with van der Waals surface area (Å²) in [5.41, 5.74) is 0. The fourth-order valence-corrected chi connectivity index (χ4v) is 2.00. The van der Waals surface area contributed by atoms with E-state index in [9.17, 15) is 0 Å². The van der Waals surface area contributed by atoms with Gasteiger partial charge in [0.25, 0.3) is 0 Å². The average Bonchev–Trinajstić information content (AvgIpc) is 2.19. The summed E-state index contributed by atoms with van der Waals surface area (Å²) in [5.74, 6) is 0.936. The molecule has 3 heteroatoms. The zero-order valence-corrected chi connectivity index (χ0v) is 11.2. The second kappa shape index (κ2) is 5.69. The van der Waals surface area contributed by atoms with E-state index in [1.165, 1.54) is 19.3 Å². The fraction of sp³-hybridized carbons (Fsp3) is 0.538. The van der Waals surface area contributed by atoms with Gasteiger partial charge in [0.05, 0.1) is 0 Å². The average molecular weight is 284 g/mol. The Hall–Kier alpha value is -0.540. The highest BCUT2D eigenvalue weighted by atomic mass is 79.9. The van der Waals surface area contributed by atoms with E-state index in [0.29, 0.717) is 0 Å². The highest BCUT2D eigenvalue weighted by Gasteiger charge is 2.17. The minimum atomic E-state index is 0.224. The molecule has 1 aromatic rings. The lowest BCUT2D eigenvalue weighted by Gasteiger charge is -2.28. The van der Waals surface area contributed by atoms with Crippen molar-refractivity contribution in [3.63, 3.8) is 0 Å². The minimum absolute atomic E-state index is 0.224. The third-order valence-corrected chi connectivity index (χ3v) is 3.48. The van der Waals surface area contributed by atoms with Crippen molar-refractivity contribution in [2.24, 2.45) is 0 Å². The van der Waals surface area contributed by atoms with Crippen LogP contribution in [0.4, 0.5) is 0 Å². The van der Waals surface area contributed by atoms with Crippen molar-refractivity contribution in [1.29, 1.82) is 0 Å². The van der Waals surface area contributed by atoms with Crippen molar-refractivity contribution in [2.45, 2.75) is 38.3 Å². The zero-order chi connectivity index (χ0) is 11.4. The summed E-state index contributed by atoms with van der Waals surface area (Å²) in [4.78, 5) is 0. The summed E-state index contributed by atoms with van der Waals surface area (Å²) < 4.78 is 6.89. The van der Waals surface area contributed by atoms with E-state index in [-0.39, 0.29) is 6.10 Å². The van der Waals surface area contributed by atoms with Gasteiger partial charge in [-0.2, -0.15) is 0 Å². The Balaban J connectivity index is 1.73. The monoisotopic (exact) mass is 283 g/mol. The molecule has 0 heterocycles.